The smallest absolute Gasteiger partial charge is 0.120 e. The van der Waals surface area contributed by atoms with Gasteiger partial charge in [0.25, 0.3) is 0 Å². The van der Waals surface area contributed by atoms with Crippen LogP contribution in [0.2, 0.25) is 0 Å². The van der Waals surface area contributed by atoms with Crippen molar-refractivity contribution in [1.82, 2.24) is 0 Å². The van der Waals surface area contributed by atoms with E-state index in [2.05, 4.69) is 34.1 Å². The summed E-state index contributed by atoms with van der Waals surface area (Å²) in [5.41, 5.74) is 7.85. The summed E-state index contributed by atoms with van der Waals surface area (Å²) in [6.45, 7) is 2.71. The van der Waals surface area contributed by atoms with Gasteiger partial charge in [0.2, 0.25) is 0 Å². The molecular weight excluding hydrogens is 314 g/mol. The van der Waals surface area contributed by atoms with E-state index in [0.717, 1.165) is 39.8 Å². The lowest BCUT2D eigenvalue weighted by Crippen LogP contribution is -2.18. The highest BCUT2D eigenvalue weighted by atomic mass is 79.9. The lowest BCUT2D eigenvalue weighted by Gasteiger charge is -2.18. The number of nitrogens with two attached hydrogens (primary N) is 1. The van der Waals surface area contributed by atoms with E-state index < -0.39 is 0 Å². The third kappa shape index (κ3) is 1.86. The fourth-order valence-electron chi connectivity index (χ4n) is 5.11. The summed E-state index contributed by atoms with van der Waals surface area (Å²) in [6, 6.07) is 6.45. The van der Waals surface area contributed by atoms with Crippen LogP contribution >= 0.6 is 15.9 Å². The predicted molar refractivity (Wildman–Crippen MR) is 83.5 cm³/mol. The highest BCUT2D eigenvalue weighted by Gasteiger charge is 2.66. The van der Waals surface area contributed by atoms with E-state index in [9.17, 15) is 0 Å². The molecule has 0 aliphatic heterocycles. The van der Waals surface area contributed by atoms with Gasteiger partial charge in [0, 0.05) is 10.5 Å². The standard InChI is InChI=1S/C17H22BrNO/c1-2-20-11-5-6-12(13(18)8-11)17(19)16-14-9-3-4-10(7-9)15(14)16/h5-6,8-10,14-17H,2-4,7,19H2,1H3. The first-order valence-corrected chi connectivity index (χ1v) is 8.67. The Kier molecular flexibility index (Phi) is 3.11. The van der Waals surface area contributed by atoms with Crippen LogP contribution in [-0.2, 0) is 0 Å². The van der Waals surface area contributed by atoms with Gasteiger partial charge >= 0.3 is 0 Å². The number of hydrogen-bond donors (Lipinski definition) is 1. The van der Waals surface area contributed by atoms with Gasteiger partial charge in [-0.2, -0.15) is 0 Å². The van der Waals surface area contributed by atoms with Crippen LogP contribution in [0.3, 0.4) is 0 Å². The molecule has 4 rings (SSSR count). The molecular formula is C17H22BrNO. The largest absolute Gasteiger partial charge is 0.494 e. The maximum absolute atomic E-state index is 6.60. The molecule has 2 N–H and O–H groups in total. The maximum atomic E-state index is 6.60. The summed E-state index contributed by atoms with van der Waals surface area (Å²) in [7, 11) is 0. The average Bonchev–Trinajstić information content (AvgIpc) is 2.87. The van der Waals surface area contributed by atoms with Crippen molar-refractivity contribution in [3.8, 4) is 5.75 Å². The second kappa shape index (κ2) is 4.74. The van der Waals surface area contributed by atoms with Gasteiger partial charge in [-0.1, -0.05) is 22.0 Å². The highest BCUT2D eigenvalue weighted by molar-refractivity contribution is 9.10. The van der Waals surface area contributed by atoms with Crippen molar-refractivity contribution in [1.29, 1.82) is 0 Å². The zero-order chi connectivity index (χ0) is 13.9. The molecule has 3 saturated carbocycles. The summed E-state index contributed by atoms with van der Waals surface area (Å²) >= 11 is 3.68. The molecule has 0 spiro atoms. The fraction of sp³-hybridized carbons (Fsp3) is 0.647. The average molecular weight is 336 g/mol. The van der Waals surface area contributed by atoms with E-state index in [4.69, 9.17) is 10.5 Å². The molecule has 1 aromatic rings. The summed E-state index contributed by atoms with van der Waals surface area (Å²) in [5.74, 6) is 5.50. The van der Waals surface area contributed by atoms with E-state index in [1.807, 2.05) is 6.92 Å². The Labute approximate surface area is 129 Å². The minimum atomic E-state index is 0.193. The normalized spacial score (nSPS) is 38.6. The number of hydrogen-bond acceptors (Lipinski definition) is 2. The van der Waals surface area contributed by atoms with Crippen LogP contribution in [0.4, 0.5) is 0 Å². The monoisotopic (exact) mass is 335 g/mol. The van der Waals surface area contributed by atoms with Crippen LogP contribution in [0.25, 0.3) is 0 Å². The Balaban J connectivity index is 1.53. The van der Waals surface area contributed by atoms with Gasteiger partial charge in [-0.05, 0) is 73.5 Å². The van der Waals surface area contributed by atoms with Gasteiger partial charge < -0.3 is 10.5 Å². The van der Waals surface area contributed by atoms with E-state index >= 15 is 0 Å². The molecule has 3 heteroatoms. The van der Waals surface area contributed by atoms with Crippen LogP contribution < -0.4 is 10.5 Å². The van der Waals surface area contributed by atoms with Crippen molar-refractivity contribution < 1.29 is 4.74 Å². The number of halogens is 1. The third-order valence-electron chi connectivity index (χ3n) is 5.85. The SMILES string of the molecule is CCOc1ccc(C(N)C2C3C4CCC(C4)C32)c(Br)c1. The topological polar surface area (TPSA) is 35.2 Å². The Morgan fingerprint density at radius 2 is 2.00 bits per heavy atom. The van der Waals surface area contributed by atoms with Gasteiger partial charge in [-0.25, -0.2) is 0 Å². The van der Waals surface area contributed by atoms with Crippen molar-refractivity contribution in [2.24, 2.45) is 35.3 Å². The fourth-order valence-corrected chi connectivity index (χ4v) is 5.74. The minimum Gasteiger partial charge on any atom is -0.494 e. The van der Waals surface area contributed by atoms with E-state index in [1.54, 1.807) is 0 Å². The van der Waals surface area contributed by atoms with Gasteiger partial charge in [0.15, 0.2) is 0 Å². The van der Waals surface area contributed by atoms with Crippen molar-refractivity contribution in [3.63, 3.8) is 0 Å². The van der Waals surface area contributed by atoms with Crippen LogP contribution in [0.15, 0.2) is 22.7 Å². The first-order chi connectivity index (χ1) is 9.70. The van der Waals surface area contributed by atoms with Gasteiger partial charge in [-0.3, -0.25) is 0 Å². The summed E-state index contributed by atoms with van der Waals surface area (Å²) in [4.78, 5) is 0. The molecule has 3 aliphatic rings. The number of ether oxygens (including phenoxy) is 1. The highest BCUT2D eigenvalue weighted by Crippen LogP contribution is 2.72. The molecule has 0 amide bonds. The zero-order valence-corrected chi connectivity index (χ0v) is 13.5. The third-order valence-corrected chi connectivity index (χ3v) is 6.54. The van der Waals surface area contributed by atoms with Crippen molar-refractivity contribution in [2.45, 2.75) is 32.2 Å². The Hall–Kier alpha value is -0.540. The predicted octanol–water partition coefficient (Wildman–Crippen LogP) is 4.14. The maximum Gasteiger partial charge on any atom is 0.120 e. The zero-order valence-electron chi connectivity index (χ0n) is 11.9. The number of rotatable bonds is 4. The molecule has 108 valence electrons. The summed E-state index contributed by atoms with van der Waals surface area (Å²) < 4.78 is 6.65. The molecule has 2 bridgehead atoms. The lowest BCUT2D eigenvalue weighted by atomic mass is 9.93. The quantitative estimate of drug-likeness (QED) is 0.897. The molecule has 3 aliphatic carbocycles. The Morgan fingerprint density at radius 3 is 2.60 bits per heavy atom. The van der Waals surface area contributed by atoms with Gasteiger partial charge in [0.05, 0.1) is 6.61 Å². The second-order valence-corrected chi connectivity index (χ2v) is 7.56. The number of fused-ring (bicyclic) bond motifs is 5. The van der Waals surface area contributed by atoms with Gasteiger partial charge in [0.1, 0.15) is 5.75 Å². The van der Waals surface area contributed by atoms with Crippen LogP contribution in [0.5, 0.6) is 5.75 Å². The molecule has 5 atom stereocenters. The van der Waals surface area contributed by atoms with Crippen molar-refractivity contribution >= 4 is 15.9 Å². The number of benzene rings is 1. The van der Waals surface area contributed by atoms with Gasteiger partial charge in [-0.15, -0.1) is 0 Å². The van der Waals surface area contributed by atoms with E-state index in [0.29, 0.717) is 6.61 Å². The molecule has 0 heterocycles. The minimum absolute atomic E-state index is 0.193. The summed E-state index contributed by atoms with van der Waals surface area (Å²) in [5, 5.41) is 0. The van der Waals surface area contributed by atoms with Crippen molar-refractivity contribution in [3.05, 3.63) is 28.2 Å². The molecule has 2 nitrogen and oxygen atoms in total. The molecule has 5 unspecified atom stereocenters. The lowest BCUT2D eigenvalue weighted by molar-refractivity contribution is 0.339. The Morgan fingerprint density at radius 1 is 1.30 bits per heavy atom. The van der Waals surface area contributed by atoms with E-state index in [-0.39, 0.29) is 6.04 Å². The van der Waals surface area contributed by atoms with Crippen LogP contribution in [0.1, 0.15) is 37.8 Å². The molecule has 0 saturated heterocycles. The summed E-state index contributed by atoms with van der Waals surface area (Å²) in [6.07, 6.45) is 4.40. The molecule has 0 radical (unpaired) electrons. The first kappa shape index (κ1) is 13.1. The molecule has 20 heavy (non-hydrogen) atoms. The Bertz CT molecular complexity index is 516. The second-order valence-electron chi connectivity index (χ2n) is 6.71. The van der Waals surface area contributed by atoms with Crippen molar-refractivity contribution in [2.75, 3.05) is 6.61 Å². The van der Waals surface area contributed by atoms with Crippen LogP contribution in [-0.4, -0.2) is 6.61 Å². The van der Waals surface area contributed by atoms with Crippen LogP contribution in [0, 0.1) is 29.6 Å². The molecule has 3 fully saturated rings. The molecule has 1 aromatic carbocycles. The first-order valence-electron chi connectivity index (χ1n) is 7.88. The van der Waals surface area contributed by atoms with E-state index in [1.165, 1.54) is 24.8 Å². The molecule has 0 aromatic heterocycles.